The number of carbonyl (C=O) groups excluding carboxylic acids is 3. The maximum absolute atomic E-state index is 12.9. The molecule has 72 heavy (non-hydrogen) atoms. The number of ether oxygens (including phenoxy) is 3. The number of unbranched alkanes of at least 4 members (excludes halogenated alkanes) is 18. The maximum atomic E-state index is 12.9. The molecule has 0 aromatic rings. The highest BCUT2D eigenvalue weighted by molar-refractivity contribution is 5.71. The van der Waals surface area contributed by atoms with Gasteiger partial charge in [0.1, 0.15) is 13.2 Å². The lowest BCUT2D eigenvalue weighted by Crippen LogP contribution is -2.30. The van der Waals surface area contributed by atoms with Gasteiger partial charge in [-0.2, -0.15) is 0 Å². The van der Waals surface area contributed by atoms with Gasteiger partial charge in [0.15, 0.2) is 6.10 Å². The van der Waals surface area contributed by atoms with Crippen molar-refractivity contribution in [1.82, 2.24) is 0 Å². The summed E-state index contributed by atoms with van der Waals surface area (Å²) in [4.78, 5) is 38.2. The molecule has 0 aliphatic heterocycles. The van der Waals surface area contributed by atoms with Crippen molar-refractivity contribution < 1.29 is 28.6 Å². The van der Waals surface area contributed by atoms with Crippen LogP contribution in [0.4, 0.5) is 0 Å². The third kappa shape index (κ3) is 56.0. The number of hydrogen-bond acceptors (Lipinski definition) is 6. The Morgan fingerprint density at radius 2 is 0.569 bits per heavy atom. The van der Waals surface area contributed by atoms with Gasteiger partial charge in [0.2, 0.25) is 0 Å². The number of allylic oxidation sites excluding steroid dienone is 26. The molecule has 0 N–H and O–H groups in total. The van der Waals surface area contributed by atoms with E-state index >= 15 is 0 Å². The first kappa shape index (κ1) is 67.0. The Balaban J connectivity index is 4.55. The van der Waals surface area contributed by atoms with Crippen LogP contribution in [0.1, 0.15) is 220 Å². The molecule has 0 fully saturated rings. The van der Waals surface area contributed by atoms with E-state index in [1.807, 2.05) is 72.9 Å². The minimum absolute atomic E-state index is 0.109. The van der Waals surface area contributed by atoms with Crippen molar-refractivity contribution in [2.75, 3.05) is 13.2 Å². The summed E-state index contributed by atoms with van der Waals surface area (Å²) in [6.07, 6.45) is 85.1. The number of carbonyl (C=O) groups is 3. The predicted octanol–water partition coefficient (Wildman–Crippen LogP) is 19.4. The zero-order chi connectivity index (χ0) is 52.2. The molecule has 0 aromatic carbocycles. The molecule has 0 bridgehead atoms. The van der Waals surface area contributed by atoms with Gasteiger partial charge in [-0.25, -0.2) is 0 Å². The van der Waals surface area contributed by atoms with E-state index in [1.54, 1.807) is 0 Å². The Morgan fingerprint density at radius 3 is 0.958 bits per heavy atom. The molecule has 0 saturated heterocycles. The van der Waals surface area contributed by atoms with Gasteiger partial charge in [0.25, 0.3) is 0 Å². The Hall–Kier alpha value is -4.97. The molecule has 0 radical (unpaired) electrons. The molecule has 6 nitrogen and oxygen atoms in total. The molecule has 0 aliphatic rings. The molecular formula is C66H102O6. The monoisotopic (exact) mass is 991 g/mol. The van der Waals surface area contributed by atoms with Gasteiger partial charge in [0, 0.05) is 19.3 Å². The Kier molecular flexibility index (Phi) is 54.6. The Bertz CT molecular complexity index is 1660. The van der Waals surface area contributed by atoms with Crippen LogP contribution in [0, 0.1) is 0 Å². The minimum atomic E-state index is -0.815. The van der Waals surface area contributed by atoms with E-state index in [0.717, 1.165) is 128 Å². The lowest BCUT2D eigenvalue weighted by Gasteiger charge is -2.18. The first-order valence-corrected chi connectivity index (χ1v) is 28.6. The molecule has 0 aromatic heterocycles. The maximum Gasteiger partial charge on any atom is 0.306 e. The fraction of sp³-hybridized carbons (Fsp3) is 0.561. The predicted molar refractivity (Wildman–Crippen MR) is 311 cm³/mol. The normalized spacial score (nSPS) is 13.3. The fourth-order valence-electron chi connectivity index (χ4n) is 7.28. The summed E-state index contributed by atoms with van der Waals surface area (Å²) in [5.74, 6) is -0.980. The van der Waals surface area contributed by atoms with Crippen molar-refractivity contribution >= 4 is 17.9 Å². The molecule has 0 heterocycles. The smallest absolute Gasteiger partial charge is 0.306 e. The van der Waals surface area contributed by atoms with Crippen LogP contribution >= 0.6 is 0 Å². The molecule has 1 unspecified atom stereocenters. The zero-order valence-electron chi connectivity index (χ0n) is 45.9. The van der Waals surface area contributed by atoms with E-state index in [4.69, 9.17) is 14.2 Å². The fourth-order valence-corrected chi connectivity index (χ4v) is 7.28. The lowest BCUT2D eigenvalue weighted by molar-refractivity contribution is -0.167. The zero-order valence-corrected chi connectivity index (χ0v) is 45.9. The van der Waals surface area contributed by atoms with Gasteiger partial charge >= 0.3 is 17.9 Å². The topological polar surface area (TPSA) is 78.9 Å². The Morgan fingerprint density at radius 1 is 0.292 bits per heavy atom. The average molecular weight is 992 g/mol. The van der Waals surface area contributed by atoms with Crippen LogP contribution in [-0.4, -0.2) is 37.2 Å². The third-order valence-corrected chi connectivity index (χ3v) is 11.5. The molecule has 6 heteroatoms. The molecule has 0 spiro atoms. The van der Waals surface area contributed by atoms with Gasteiger partial charge in [-0.1, -0.05) is 256 Å². The van der Waals surface area contributed by atoms with Crippen molar-refractivity contribution in [3.63, 3.8) is 0 Å². The highest BCUT2D eigenvalue weighted by Gasteiger charge is 2.19. The van der Waals surface area contributed by atoms with Crippen molar-refractivity contribution in [2.45, 2.75) is 226 Å². The summed E-state index contributed by atoms with van der Waals surface area (Å²) in [5.41, 5.74) is 0. The third-order valence-electron chi connectivity index (χ3n) is 11.5. The summed E-state index contributed by atoms with van der Waals surface area (Å²) in [6.45, 7) is 6.21. The van der Waals surface area contributed by atoms with Gasteiger partial charge in [-0.3, -0.25) is 14.4 Å². The number of esters is 3. The summed E-state index contributed by atoms with van der Waals surface area (Å²) >= 11 is 0. The molecular weight excluding hydrogens is 889 g/mol. The van der Waals surface area contributed by atoms with Crippen molar-refractivity contribution in [3.8, 4) is 0 Å². The number of hydrogen-bond donors (Lipinski definition) is 0. The summed E-state index contributed by atoms with van der Waals surface area (Å²) in [7, 11) is 0. The molecule has 0 amide bonds. The van der Waals surface area contributed by atoms with E-state index < -0.39 is 6.10 Å². The van der Waals surface area contributed by atoms with E-state index in [1.165, 1.54) is 51.4 Å². The first-order valence-electron chi connectivity index (χ1n) is 28.6. The van der Waals surface area contributed by atoms with Crippen LogP contribution in [0.2, 0.25) is 0 Å². The Labute approximate surface area is 441 Å². The van der Waals surface area contributed by atoms with Crippen LogP contribution in [0.25, 0.3) is 0 Å². The minimum Gasteiger partial charge on any atom is -0.462 e. The van der Waals surface area contributed by atoms with Crippen molar-refractivity contribution in [1.29, 1.82) is 0 Å². The van der Waals surface area contributed by atoms with Gasteiger partial charge < -0.3 is 14.2 Å². The SMILES string of the molecule is CC\C=C/C=C\C=C/C=C\C=C\C=C/C=C\CCCCCC(=O)OCC(COC(=O)CCCCCCCC/C=C\C/C=C\C/C=C\CC)OC(=O)CCCCCCCCCCC/C=C\C/C=C\C/C=C\CC. The standard InChI is InChI=1S/C66H102O6/c1-4-7-10-13-16-19-22-25-28-31-33-35-38-41-44-47-50-53-56-59-65(68)71-62-63(61-70-64(67)58-55-52-49-46-43-40-37-30-27-24-21-18-15-12-9-6-3)72-66(69)60-57-54-51-48-45-42-39-36-34-32-29-26-23-20-17-14-11-8-5-2/h7-13,16-22,25-31,33,35,38,41,44,63H,4-6,14-15,23-24,32,34,36-37,39-40,42-43,45-62H2,1-3H3/b10-7-,11-8-,12-9-,16-13-,20-17-,21-18-,22-19-,28-25-,29-26-,30-27-,33-31+,38-35-,44-41-. The first-order chi connectivity index (χ1) is 35.5. The summed E-state index contributed by atoms with van der Waals surface area (Å²) in [5, 5.41) is 0. The average Bonchev–Trinajstić information content (AvgIpc) is 3.38. The van der Waals surface area contributed by atoms with Crippen LogP contribution < -0.4 is 0 Å². The summed E-state index contributed by atoms with van der Waals surface area (Å²) < 4.78 is 16.8. The molecule has 0 saturated carbocycles. The molecule has 0 aliphatic carbocycles. The second-order valence-corrected chi connectivity index (χ2v) is 18.2. The largest absolute Gasteiger partial charge is 0.462 e. The highest BCUT2D eigenvalue weighted by atomic mass is 16.6. The lowest BCUT2D eigenvalue weighted by atomic mass is 10.1. The highest BCUT2D eigenvalue weighted by Crippen LogP contribution is 2.14. The van der Waals surface area contributed by atoms with Crippen LogP contribution in [0.5, 0.6) is 0 Å². The number of rotatable bonds is 49. The van der Waals surface area contributed by atoms with Gasteiger partial charge in [0.05, 0.1) is 0 Å². The van der Waals surface area contributed by atoms with Gasteiger partial charge in [-0.15, -0.1) is 0 Å². The van der Waals surface area contributed by atoms with E-state index in [2.05, 4.69) is 106 Å². The van der Waals surface area contributed by atoms with E-state index in [0.29, 0.717) is 19.3 Å². The van der Waals surface area contributed by atoms with E-state index in [-0.39, 0.29) is 31.1 Å². The van der Waals surface area contributed by atoms with Gasteiger partial charge in [-0.05, 0) is 103 Å². The van der Waals surface area contributed by atoms with Crippen LogP contribution in [-0.2, 0) is 28.6 Å². The van der Waals surface area contributed by atoms with Crippen LogP contribution in [0.15, 0.2) is 158 Å². The quantitative estimate of drug-likeness (QED) is 0.0199. The molecule has 0 rings (SSSR count). The molecule has 1 atom stereocenters. The molecule has 402 valence electrons. The van der Waals surface area contributed by atoms with E-state index in [9.17, 15) is 14.4 Å². The van der Waals surface area contributed by atoms with Crippen molar-refractivity contribution in [2.24, 2.45) is 0 Å². The second-order valence-electron chi connectivity index (χ2n) is 18.2. The van der Waals surface area contributed by atoms with Crippen molar-refractivity contribution in [3.05, 3.63) is 158 Å². The second kappa shape index (κ2) is 58.6. The summed E-state index contributed by atoms with van der Waals surface area (Å²) in [6, 6.07) is 0. The van der Waals surface area contributed by atoms with Crippen LogP contribution in [0.3, 0.4) is 0 Å².